The summed E-state index contributed by atoms with van der Waals surface area (Å²) in [4.78, 5) is 12.4. The van der Waals surface area contributed by atoms with Crippen LogP contribution in [-0.4, -0.2) is 4.92 Å². The number of nitrogens with zero attached hydrogens (tertiary/aromatic N) is 1. The molecule has 0 aromatic heterocycles. The van der Waals surface area contributed by atoms with E-state index in [9.17, 15) is 10.1 Å². The first-order chi connectivity index (χ1) is 9.25. The molecule has 0 amide bonds. The number of non-ortho nitro benzene ring substituents is 1. The largest absolute Gasteiger partial charge is 0.269 e. The molecule has 2 rings (SSSR count). The molecule has 0 saturated carbocycles. The molecule has 0 fully saturated rings. The Morgan fingerprint density at radius 2 is 1.79 bits per heavy atom. The summed E-state index contributed by atoms with van der Waals surface area (Å²) in [6, 6.07) is 6.63. The minimum Gasteiger partial charge on any atom is -0.258 e. The second-order valence-electron chi connectivity index (χ2n) is 3.50. The zero-order valence-corrected chi connectivity index (χ0v) is 11.9. The molecule has 4 heteroatoms. The van der Waals surface area contributed by atoms with Gasteiger partial charge in [-0.2, -0.15) is 0 Å². The Balaban J connectivity index is 0.000000861. The van der Waals surface area contributed by atoms with Gasteiger partial charge in [0.15, 0.2) is 0 Å². The predicted molar refractivity (Wildman–Crippen MR) is 81.3 cm³/mol. The molecule has 3 nitrogen and oxygen atoms in total. The molecule has 0 spiro atoms. The lowest BCUT2D eigenvalue weighted by atomic mass is 10.3. The summed E-state index contributed by atoms with van der Waals surface area (Å²) in [6.07, 6.45) is 11.1. The minimum absolute atomic E-state index is 0.129. The van der Waals surface area contributed by atoms with Gasteiger partial charge in [-0.3, -0.25) is 10.1 Å². The van der Waals surface area contributed by atoms with E-state index in [0.717, 1.165) is 11.3 Å². The smallest absolute Gasteiger partial charge is 0.258 e. The third-order valence-corrected chi connectivity index (χ3v) is 3.33. The van der Waals surface area contributed by atoms with Crippen LogP contribution in [0.4, 0.5) is 5.69 Å². The summed E-state index contributed by atoms with van der Waals surface area (Å²) in [5.74, 6) is 0. The van der Waals surface area contributed by atoms with Crippen molar-refractivity contribution >= 4 is 17.4 Å². The lowest BCUT2D eigenvalue weighted by molar-refractivity contribution is -0.384. The van der Waals surface area contributed by atoms with E-state index in [1.807, 2.05) is 32.1 Å². The highest BCUT2D eigenvalue weighted by atomic mass is 32.2. The topological polar surface area (TPSA) is 43.1 Å². The Bertz CT molecular complexity index is 501. The highest BCUT2D eigenvalue weighted by molar-refractivity contribution is 8.03. The Labute approximate surface area is 117 Å². The molecule has 1 aliphatic rings. The first-order valence-electron chi connectivity index (χ1n) is 6.20. The maximum Gasteiger partial charge on any atom is 0.269 e. The van der Waals surface area contributed by atoms with Gasteiger partial charge in [0.25, 0.3) is 5.69 Å². The number of nitro benzene ring substituents is 1. The van der Waals surface area contributed by atoms with Crippen LogP contribution in [0.2, 0.25) is 0 Å². The lowest BCUT2D eigenvalue weighted by Crippen LogP contribution is -1.86. The van der Waals surface area contributed by atoms with Crippen molar-refractivity contribution in [3.63, 3.8) is 0 Å². The van der Waals surface area contributed by atoms with Crippen LogP contribution in [0.5, 0.6) is 0 Å². The Hall–Kier alpha value is -1.81. The van der Waals surface area contributed by atoms with Crippen molar-refractivity contribution in [2.45, 2.75) is 25.2 Å². The van der Waals surface area contributed by atoms with Crippen molar-refractivity contribution in [3.8, 4) is 0 Å². The number of hydrogen-bond acceptors (Lipinski definition) is 3. The van der Waals surface area contributed by atoms with Gasteiger partial charge in [-0.05, 0) is 23.5 Å². The van der Waals surface area contributed by atoms with E-state index in [-0.39, 0.29) is 10.6 Å². The monoisotopic (exact) mass is 275 g/mol. The zero-order chi connectivity index (χ0) is 14.1. The van der Waals surface area contributed by atoms with Gasteiger partial charge in [0.05, 0.1) is 4.92 Å². The van der Waals surface area contributed by atoms with Gasteiger partial charge in [0, 0.05) is 17.0 Å². The SMILES string of the molecule is CC.O=[N+]([O-])c1ccc(SC2=CC=CC=CC2)cc1. The Kier molecular flexibility index (Phi) is 6.68. The first-order valence-corrected chi connectivity index (χ1v) is 7.02. The maximum absolute atomic E-state index is 10.5. The molecule has 0 unspecified atom stereocenters. The van der Waals surface area contributed by atoms with E-state index in [1.165, 1.54) is 17.0 Å². The van der Waals surface area contributed by atoms with E-state index in [2.05, 4.69) is 12.2 Å². The number of thioether (sulfide) groups is 1. The van der Waals surface area contributed by atoms with Crippen LogP contribution in [0.15, 0.2) is 64.4 Å². The molecule has 0 saturated heterocycles. The summed E-state index contributed by atoms with van der Waals surface area (Å²) in [7, 11) is 0. The van der Waals surface area contributed by atoms with Crippen LogP contribution in [-0.2, 0) is 0 Å². The molecule has 0 N–H and O–H groups in total. The minimum atomic E-state index is -0.384. The number of rotatable bonds is 3. The summed E-state index contributed by atoms with van der Waals surface area (Å²) in [5, 5.41) is 10.5. The molecule has 0 radical (unpaired) electrons. The molecule has 1 aromatic carbocycles. The van der Waals surface area contributed by atoms with E-state index in [4.69, 9.17) is 0 Å². The quantitative estimate of drug-likeness (QED) is 0.568. The molecule has 100 valence electrons. The molecule has 0 atom stereocenters. The third kappa shape index (κ3) is 5.14. The van der Waals surface area contributed by atoms with Gasteiger partial charge in [0.2, 0.25) is 0 Å². The first kappa shape index (κ1) is 15.2. The Morgan fingerprint density at radius 1 is 1.11 bits per heavy atom. The predicted octanol–water partition coefficient (Wildman–Crippen LogP) is 5.11. The van der Waals surface area contributed by atoms with Gasteiger partial charge in [-0.1, -0.05) is 56.0 Å². The molecule has 1 aliphatic carbocycles. The van der Waals surface area contributed by atoms with Crippen molar-refractivity contribution in [3.05, 3.63) is 69.7 Å². The third-order valence-electron chi connectivity index (χ3n) is 2.26. The van der Waals surface area contributed by atoms with Crippen LogP contribution in [0.25, 0.3) is 0 Å². The van der Waals surface area contributed by atoms with Crippen molar-refractivity contribution < 1.29 is 4.92 Å². The van der Waals surface area contributed by atoms with E-state index in [1.54, 1.807) is 23.9 Å². The van der Waals surface area contributed by atoms with E-state index >= 15 is 0 Å². The molecule has 0 heterocycles. The molecule has 1 aromatic rings. The molecular formula is C15H17NO2S. The number of benzene rings is 1. The highest BCUT2D eigenvalue weighted by Gasteiger charge is 2.05. The molecule has 0 bridgehead atoms. The van der Waals surface area contributed by atoms with Crippen molar-refractivity contribution in [1.29, 1.82) is 0 Å². The van der Waals surface area contributed by atoms with Gasteiger partial charge in [-0.25, -0.2) is 0 Å². The van der Waals surface area contributed by atoms with Gasteiger partial charge < -0.3 is 0 Å². The summed E-state index contributed by atoms with van der Waals surface area (Å²) in [5.41, 5.74) is 0.129. The van der Waals surface area contributed by atoms with E-state index in [0.29, 0.717) is 0 Å². The standard InChI is InChI=1S/C13H11NO2S.C2H6/c15-14(16)11-7-9-13(10-8-11)17-12-5-3-1-2-4-6-12;1-2/h1-5,7-10H,6H2;1-2H3. The van der Waals surface area contributed by atoms with Crippen molar-refractivity contribution in [1.82, 2.24) is 0 Å². The Morgan fingerprint density at radius 3 is 2.42 bits per heavy atom. The molecule has 0 aliphatic heterocycles. The number of nitro groups is 1. The van der Waals surface area contributed by atoms with Crippen LogP contribution < -0.4 is 0 Å². The summed E-state index contributed by atoms with van der Waals surface area (Å²) >= 11 is 1.63. The molecular weight excluding hydrogens is 258 g/mol. The fourth-order valence-corrected chi connectivity index (χ4v) is 2.32. The van der Waals surface area contributed by atoms with Crippen LogP contribution in [0, 0.1) is 10.1 Å². The van der Waals surface area contributed by atoms with Crippen LogP contribution in [0.1, 0.15) is 20.3 Å². The van der Waals surface area contributed by atoms with Crippen molar-refractivity contribution in [2.75, 3.05) is 0 Å². The van der Waals surface area contributed by atoms with Gasteiger partial charge in [-0.15, -0.1) is 0 Å². The second kappa shape index (κ2) is 8.32. The fourth-order valence-electron chi connectivity index (χ4n) is 1.42. The van der Waals surface area contributed by atoms with Gasteiger partial charge in [0.1, 0.15) is 0 Å². The number of hydrogen-bond donors (Lipinski definition) is 0. The fraction of sp³-hybridized carbons (Fsp3) is 0.200. The summed E-state index contributed by atoms with van der Waals surface area (Å²) < 4.78 is 0. The highest BCUT2D eigenvalue weighted by Crippen LogP contribution is 2.30. The van der Waals surface area contributed by atoms with Gasteiger partial charge >= 0.3 is 0 Å². The average molecular weight is 275 g/mol. The van der Waals surface area contributed by atoms with Crippen LogP contribution in [0.3, 0.4) is 0 Å². The second-order valence-corrected chi connectivity index (χ2v) is 4.70. The average Bonchev–Trinajstić information content (AvgIpc) is 2.70. The lowest BCUT2D eigenvalue weighted by Gasteiger charge is -2.03. The molecule has 19 heavy (non-hydrogen) atoms. The zero-order valence-electron chi connectivity index (χ0n) is 11.1. The van der Waals surface area contributed by atoms with Crippen LogP contribution >= 0.6 is 11.8 Å². The van der Waals surface area contributed by atoms with Crippen molar-refractivity contribution in [2.24, 2.45) is 0 Å². The summed E-state index contributed by atoms with van der Waals surface area (Å²) in [6.45, 7) is 4.00. The normalized spacial score (nSPS) is 13.1. The van der Waals surface area contributed by atoms with E-state index < -0.39 is 0 Å². The maximum atomic E-state index is 10.5. The number of allylic oxidation sites excluding steroid dienone is 6.